The maximum Gasteiger partial charge on any atom is 0.309 e. The van der Waals surface area contributed by atoms with Crippen LogP contribution < -0.4 is 0 Å². The van der Waals surface area contributed by atoms with Crippen molar-refractivity contribution in [2.75, 3.05) is 0 Å². The normalized spacial score (nSPS) is 15.4. The second-order valence-corrected chi connectivity index (χ2v) is 4.03. The monoisotopic (exact) mass is 188 g/mol. The Bertz CT molecular complexity index is 210. The smallest absolute Gasteiger partial charge is 0.309 e. The third kappa shape index (κ3) is 3.92. The molecule has 0 rings (SSSR count). The first-order valence-corrected chi connectivity index (χ1v) is 4.23. The zero-order valence-electron chi connectivity index (χ0n) is 8.20. The minimum Gasteiger partial charge on any atom is -0.481 e. The van der Waals surface area contributed by atoms with Gasteiger partial charge in [-0.1, -0.05) is 13.8 Å². The van der Waals surface area contributed by atoms with Crippen LogP contribution in [0.5, 0.6) is 0 Å². The van der Waals surface area contributed by atoms with E-state index in [1.165, 1.54) is 6.92 Å². The highest BCUT2D eigenvalue weighted by Gasteiger charge is 2.36. The predicted molar refractivity (Wildman–Crippen MR) is 47.5 cm³/mol. The number of carboxylic acids is 2. The summed E-state index contributed by atoms with van der Waals surface area (Å²) in [5.41, 5.74) is -1.14. The van der Waals surface area contributed by atoms with Gasteiger partial charge in [0.1, 0.15) is 0 Å². The Kier molecular flexibility index (Phi) is 3.91. The quantitative estimate of drug-likeness (QED) is 0.687. The van der Waals surface area contributed by atoms with Gasteiger partial charge in [-0.25, -0.2) is 0 Å². The lowest BCUT2D eigenvalue weighted by atomic mass is 9.79. The molecule has 2 N–H and O–H groups in total. The summed E-state index contributed by atoms with van der Waals surface area (Å²) in [4.78, 5) is 21.3. The minimum atomic E-state index is -1.14. The van der Waals surface area contributed by atoms with E-state index in [1.807, 2.05) is 13.8 Å². The van der Waals surface area contributed by atoms with Crippen LogP contribution in [0, 0.1) is 11.3 Å². The molecule has 0 saturated carbocycles. The van der Waals surface area contributed by atoms with E-state index in [1.54, 1.807) is 0 Å². The van der Waals surface area contributed by atoms with Crippen molar-refractivity contribution < 1.29 is 19.8 Å². The summed E-state index contributed by atoms with van der Waals surface area (Å²) in [6.07, 6.45) is 0.0646. The van der Waals surface area contributed by atoms with E-state index < -0.39 is 17.4 Å². The highest BCUT2D eigenvalue weighted by Crippen LogP contribution is 2.30. The number of aliphatic carboxylic acids is 2. The summed E-state index contributed by atoms with van der Waals surface area (Å²) in [6, 6.07) is 0. The minimum absolute atomic E-state index is 0.181. The third-order valence-electron chi connectivity index (χ3n) is 1.92. The lowest BCUT2D eigenvalue weighted by molar-refractivity contribution is -0.155. The van der Waals surface area contributed by atoms with Crippen molar-refractivity contribution in [2.24, 2.45) is 11.3 Å². The van der Waals surface area contributed by atoms with Gasteiger partial charge in [0.05, 0.1) is 11.8 Å². The van der Waals surface area contributed by atoms with Crippen LogP contribution >= 0.6 is 0 Å². The number of hydrogen-bond acceptors (Lipinski definition) is 2. The molecule has 0 unspecified atom stereocenters. The molecule has 0 aromatic heterocycles. The maximum absolute atomic E-state index is 10.8. The summed E-state index contributed by atoms with van der Waals surface area (Å²) >= 11 is 0. The molecule has 0 bridgehead atoms. The molecular formula is C9H16O4. The molecule has 0 radical (unpaired) electrons. The van der Waals surface area contributed by atoms with Crippen molar-refractivity contribution in [2.45, 2.75) is 33.6 Å². The lowest BCUT2D eigenvalue weighted by Crippen LogP contribution is -2.31. The molecule has 1 atom stereocenters. The topological polar surface area (TPSA) is 74.6 Å². The molecule has 0 saturated heterocycles. The second kappa shape index (κ2) is 4.25. The van der Waals surface area contributed by atoms with E-state index in [0.717, 1.165) is 0 Å². The lowest BCUT2D eigenvalue weighted by Gasteiger charge is -2.24. The van der Waals surface area contributed by atoms with Crippen LogP contribution in [0.1, 0.15) is 33.6 Å². The molecule has 0 aromatic rings. The van der Waals surface area contributed by atoms with Crippen LogP contribution in [0.3, 0.4) is 0 Å². The fourth-order valence-electron chi connectivity index (χ4n) is 1.47. The van der Waals surface area contributed by atoms with Crippen molar-refractivity contribution in [1.82, 2.24) is 0 Å². The fraction of sp³-hybridized carbons (Fsp3) is 0.778. The largest absolute Gasteiger partial charge is 0.481 e. The van der Waals surface area contributed by atoms with Gasteiger partial charge in [-0.3, -0.25) is 9.59 Å². The SMILES string of the molecule is CC(C)C[C@@](C)(CC(=O)O)C(=O)O. The molecular weight excluding hydrogens is 172 g/mol. The first-order valence-electron chi connectivity index (χ1n) is 4.23. The van der Waals surface area contributed by atoms with Gasteiger partial charge < -0.3 is 10.2 Å². The molecule has 4 heteroatoms. The highest BCUT2D eigenvalue weighted by atomic mass is 16.4. The summed E-state index contributed by atoms with van der Waals surface area (Å²) in [5.74, 6) is -1.92. The summed E-state index contributed by atoms with van der Waals surface area (Å²) in [5, 5.41) is 17.4. The van der Waals surface area contributed by atoms with Crippen molar-refractivity contribution in [3.05, 3.63) is 0 Å². The van der Waals surface area contributed by atoms with E-state index in [2.05, 4.69) is 0 Å². The molecule has 0 aliphatic heterocycles. The summed E-state index contributed by atoms with van der Waals surface area (Å²) in [6.45, 7) is 5.23. The fourth-order valence-corrected chi connectivity index (χ4v) is 1.47. The number of rotatable bonds is 5. The second-order valence-electron chi connectivity index (χ2n) is 4.03. The Morgan fingerprint density at radius 3 is 2.00 bits per heavy atom. The Morgan fingerprint density at radius 2 is 1.77 bits per heavy atom. The van der Waals surface area contributed by atoms with E-state index in [0.29, 0.717) is 6.42 Å². The molecule has 0 amide bonds. The van der Waals surface area contributed by atoms with Crippen molar-refractivity contribution in [3.8, 4) is 0 Å². The molecule has 0 fully saturated rings. The van der Waals surface area contributed by atoms with E-state index >= 15 is 0 Å². The Labute approximate surface area is 77.6 Å². The van der Waals surface area contributed by atoms with Crippen LogP contribution in [-0.2, 0) is 9.59 Å². The first-order chi connectivity index (χ1) is 5.78. The van der Waals surface area contributed by atoms with Crippen molar-refractivity contribution in [3.63, 3.8) is 0 Å². The molecule has 0 aliphatic carbocycles. The number of carboxylic acid groups (broad SMARTS) is 2. The molecule has 0 spiro atoms. The van der Waals surface area contributed by atoms with Crippen LogP contribution in [0.4, 0.5) is 0 Å². The van der Waals surface area contributed by atoms with E-state index in [4.69, 9.17) is 10.2 Å². The van der Waals surface area contributed by atoms with Crippen LogP contribution in [0.2, 0.25) is 0 Å². The van der Waals surface area contributed by atoms with Gasteiger partial charge in [0, 0.05) is 0 Å². The van der Waals surface area contributed by atoms with Gasteiger partial charge in [0.2, 0.25) is 0 Å². The van der Waals surface area contributed by atoms with Crippen LogP contribution in [-0.4, -0.2) is 22.2 Å². The number of carbonyl (C=O) groups is 2. The zero-order chi connectivity index (χ0) is 10.6. The Morgan fingerprint density at radius 1 is 1.31 bits per heavy atom. The molecule has 4 nitrogen and oxygen atoms in total. The van der Waals surface area contributed by atoms with Crippen LogP contribution in [0.25, 0.3) is 0 Å². The first kappa shape index (κ1) is 11.9. The van der Waals surface area contributed by atoms with Gasteiger partial charge in [-0.15, -0.1) is 0 Å². The van der Waals surface area contributed by atoms with Gasteiger partial charge in [0.15, 0.2) is 0 Å². The van der Waals surface area contributed by atoms with Crippen molar-refractivity contribution >= 4 is 11.9 Å². The molecule has 0 aliphatic rings. The molecule has 13 heavy (non-hydrogen) atoms. The average Bonchev–Trinajstić information content (AvgIpc) is 1.82. The predicted octanol–water partition coefficient (Wildman–Crippen LogP) is 1.60. The van der Waals surface area contributed by atoms with Gasteiger partial charge in [-0.2, -0.15) is 0 Å². The molecule has 0 heterocycles. The van der Waals surface area contributed by atoms with Crippen LogP contribution in [0.15, 0.2) is 0 Å². The van der Waals surface area contributed by atoms with E-state index in [9.17, 15) is 9.59 Å². The zero-order valence-corrected chi connectivity index (χ0v) is 8.20. The highest BCUT2D eigenvalue weighted by molar-refractivity contribution is 5.81. The van der Waals surface area contributed by atoms with Gasteiger partial charge in [-0.05, 0) is 19.3 Å². The van der Waals surface area contributed by atoms with E-state index in [-0.39, 0.29) is 12.3 Å². The maximum atomic E-state index is 10.8. The summed E-state index contributed by atoms with van der Waals surface area (Å²) in [7, 11) is 0. The molecule has 76 valence electrons. The average molecular weight is 188 g/mol. The third-order valence-corrected chi connectivity index (χ3v) is 1.92. The number of hydrogen-bond donors (Lipinski definition) is 2. The Balaban J connectivity index is 4.52. The Hall–Kier alpha value is -1.06. The summed E-state index contributed by atoms with van der Waals surface area (Å²) < 4.78 is 0. The molecule has 0 aromatic carbocycles. The van der Waals surface area contributed by atoms with Gasteiger partial charge >= 0.3 is 11.9 Å². The standard InChI is InChI=1S/C9H16O4/c1-6(2)4-9(3,8(12)13)5-7(10)11/h6H,4-5H2,1-3H3,(H,10,11)(H,12,13)/t9-/m0/s1. The van der Waals surface area contributed by atoms with Gasteiger partial charge in [0.25, 0.3) is 0 Å². The van der Waals surface area contributed by atoms with Crippen molar-refractivity contribution in [1.29, 1.82) is 0 Å².